The molecule has 3 N–H and O–H groups in total. The summed E-state index contributed by atoms with van der Waals surface area (Å²) in [6.45, 7) is 4.20. The van der Waals surface area contributed by atoms with Crippen molar-refractivity contribution in [3.63, 3.8) is 0 Å². The molecule has 1 aromatic rings. The number of amidine groups is 1. The lowest BCUT2D eigenvalue weighted by Crippen LogP contribution is -2.14. The van der Waals surface area contributed by atoms with Crippen molar-refractivity contribution >= 4 is 5.84 Å². The molecule has 1 aromatic carbocycles. The number of hydrogen-bond donors (Lipinski definition) is 2. The van der Waals surface area contributed by atoms with Gasteiger partial charge in [-0.3, -0.25) is 0 Å². The molecule has 0 amide bonds. The molecule has 0 aromatic heterocycles. The minimum atomic E-state index is 0.0145. The van der Waals surface area contributed by atoms with Crippen LogP contribution in [-0.2, 0) is 16.1 Å². The van der Waals surface area contributed by atoms with Gasteiger partial charge >= 0.3 is 0 Å². The molecule has 6 nitrogen and oxygen atoms in total. The Balaban J connectivity index is 2.62. The molecule has 0 unspecified atom stereocenters. The minimum absolute atomic E-state index is 0.0145. The molecule has 0 aliphatic heterocycles. The predicted octanol–water partition coefficient (Wildman–Crippen LogP) is 1.34. The molecule has 0 heterocycles. The Labute approximate surface area is 112 Å². The quantitative estimate of drug-likeness (QED) is 0.244. The summed E-state index contributed by atoms with van der Waals surface area (Å²) in [5, 5.41) is 11.6. The van der Waals surface area contributed by atoms with E-state index in [1.807, 2.05) is 13.0 Å². The average molecular weight is 268 g/mol. The monoisotopic (exact) mass is 268 g/mol. The van der Waals surface area contributed by atoms with Crippen LogP contribution in [0.5, 0.6) is 5.75 Å². The van der Waals surface area contributed by atoms with Gasteiger partial charge in [0.05, 0.1) is 32.5 Å². The first-order valence-electron chi connectivity index (χ1n) is 6.03. The van der Waals surface area contributed by atoms with Crippen LogP contribution in [0.25, 0.3) is 0 Å². The fraction of sp³-hybridized carbons (Fsp3) is 0.462. The summed E-state index contributed by atoms with van der Waals surface area (Å²) in [5.41, 5.74) is 7.04. The summed E-state index contributed by atoms with van der Waals surface area (Å²) < 4.78 is 15.8. The van der Waals surface area contributed by atoms with Crippen LogP contribution in [-0.4, -0.2) is 38.0 Å². The topological polar surface area (TPSA) is 86.3 Å². The van der Waals surface area contributed by atoms with Gasteiger partial charge in [-0.05, 0) is 24.6 Å². The molecule has 6 heteroatoms. The highest BCUT2D eigenvalue weighted by Crippen LogP contribution is 2.20. The zero-order valence-corrected chi connectivity index (χ0v) is 11.3. The van der Waals surface area contributed by atoms with Crippen LogP contribution >= 0.6 is 0 Å². The van der Waals surface area contributed by atoms with Gasteiger partial charge in [0.15, 0.2) is 5.84 Å². The molecule has 0 aliphatic rings. The average Bonchev–Trinajstić information content (AvgIpc) is 2.46. The van der Waals surface area contributed by atoms with Crippen LogP contribution in [0.2, 0.25) is 0 Å². The van der Waals surface area contributed by atoms with Gasteiger partial charge in [-0.1, -0.05) is 11.2 Å². The molecule has 0 saturated heterocycles. The van der Waals surface area contributed by atoms with Crippen LogP contribution in [0, 0.1) is 0 Å². The van der Waals surface area contributed by atoms with Crippen molar-refractivity contribution in [1.29, 1.82) is 0 Å². The van der Waals surface area contributed by atoms with E-state index >= 15 is 0 Å². The van der Waals surface area contributed by atoms with Crippen LogP contribution in [0.3, 0.4) is 0 Å². The summed E-state index contributed by atoms with van der Waals surface area (Å²) in [5.74, 6) is 0.557. The first-order valence-corrected chi connectivity index (χ1v) is 6.03. The fourth-order valence-electron chi connectivity index (χ4n) is 1.54. The largest absolute Gasteiger partial charge is 0.496 e. The lowest BCUT2D eigenvalue weighted by molar-refractivity contribution is 0.0452. The molecular formula is C13H20N2O4. The molecule has 1 rings (SSSR count). The van der Waals surface area contributed by atoms with Crippen molar-refractivity contribution in [3.05, 3.63) is 29.3 Å². The van der Waals surface area contributed by atoms with Crippen LogP contribution < -0.4 is 10.5 Å². The number of rotatable bonds is 8. The van der Waals surface area contributed by atoms with Crippen molar-refractivity contribution in [2.45, 2.75) is 13.5 Å². The zero-order valence-electron chi connectivity index (χ0n) is 11.3. The molecule has 0 atom stereocenters. The van der Waals surface area contributed by atoms with Crippen LogP contribution in [0.4, 0.5) is 0 Å². The highest BCUT2D eigenvalue weighted by atomic mass is 16.5. The molecule has 106 valence electrons. The van der Waals surface area contributed by atoms with E-state index in [0.717, 1.165) is 5.56 Å². The number of ether oxygens (including phenoxy) is 3. The highest BCUT2D eigenvalue weighted by molar-refractivity contribution is 5.99. The van der Waals surface area contributed by atoms with E-state index in [-0.39, 0.29) is 5.84 Å². The van der Waals surface area contributed by atoms with Gasteiger partial charge in [0.2, 0.25) is 0 Å². The third-order valence-corrected chi connectivity index (χ3v) is 2.49. The molecule has 0 fully saturated rings. The van der Waals surface area contributed by atoms with Crippen molar-refractivity contribution in [1.82, 2.24) is 0 Å². The Morgan fingerprint density at radius 1 is 1.32 bits per heavy atom. The van der Waals surface area contributed by atoms with Gasteiger partial charge < -0.3 is 25.2 Å². The molecule has 0 bridgehead atoms. The van der Waals surface area contributed by atoms with E-state index in [1.165, 1.54) is 7.11 Å². The minimum Gasteiger partial charge on any atom is -0.496 e. The maximum Gasteiger partial charge on any atom is 0.173 e. The van der Waals surface area contributed by atoms with E-state index in [9.17, 15) is 0 Å². The fourth-order valence-corrected chi connectivity index (χ4v) is 1.54. The van der Waals surface area contributed by atoms with E-state index < -0.39 is 0 Å². The SMILES string of the molecule is CCOCCOCc1ccc(/C(N)=N/O)c(OC)c1. The van der Waals surface area contributed by atoms with Crippen molar-refractivity contribution in [2.75, 3.05) is 26.9 Å². The summed E-state index contributed by atoms with van der Waals surface area (Å²) in [6.07, 6.45) is 0. The van der Waals surface area contributed by atoms with Gasteiger partial charge in [0.1, 0.15) is 5.75 Å². The number of nitrogens with zero attached hydrogens (tertiary/aromatic N) is 1. The smallest absolute Gasteiger partial charge is 0.173 e. The third kappa shape index (κ3) is 4.76. The Morgan fingerprint density at radius 2 is 2.05 bits per heavy atom. The van der Waals surface area contributed by atoms with Crippen molar-refractivity contribution in [3.8, 4) is 5.75 Å². The summed E-state index contributed by atoms with van der Waals surface area (Å²) >= 11 is 0. The first kappa shape index (κ1) is 15.3. The molecule has 0 radical (unpaired) electrons. The van der Waals surface area contributed by atoms with Crippen molar-refractivity contribution < 1.29 is 19.4 Å². The maximum absolute atomic E-state index is 8.67. The Morgan fingerprint density at radius 3 is 2.68 bits per heavy atom. The standard InChI is InChI=1S/C13H20N2O4/c1-3-18-6-7-19-9-10-4-5-11(13(14)15-16)12(8-10)17-2/h4-5,8,16H,3,6-7,9H2,1-2H3,(H2,14,15). The van der Waals surface area contributed by atoms with E-state index in [2.05, 4.69) is 5.16 Å². The van der Waals surface area contributed by atoms with Crippen LogP contribution in [0.15, 0.2) is 23.4 Å². The van der Waals surface area contributed by atoms with Crippen LogP contribution in [0.1, 0.15) is 18.1 Å². The van der Waals surface area contributed by atoms with Gasteiger partial charge in [0, 0.05) is 6.61 Å². The third-order valence-electron chi connectivity index (χ3n) is 2.49. The number of nitrogens with two attached hydrogens (primary N) is 1. The van der Waals surface area contributed by atoms with Gasteiger partial charge in [0.25, 0.3) is 0 Å². The van der Waals surface area contributed by atoms with Crippen molar-refractivity contribution in [2.24, 2.45) is 10.9 Å². The highest BCUT2D eigenvalue weighted by Gasteiger charge is 2.08. The lowest BCUT2D eigenvalue weighted by atomic mass is 10.1. The predicted molar refractivity (Wildman–Crippen MR) is 71.7 cm³/mol. The second kappa shape index (κ2) is 8.34. The Kier molecular flexibility index (Phi) is 6.70. The summed E-state index contributed by atoms with van der Waals surface area (Å²) in [6, 6.07) is 5.37. The normalized spacial score (nSPS) is 11.6. The summed E-state index contributed by atoms with van der Waals surface area (Å²) in [7, 11) is 1.53. The first-order chi connectivity index (χ1) is 9.22. The number of benzene rings is 1. The number of hydrogen-bond acceptors (Lipinski definition) is 5. The number of methoxy groups -OCH3 is 1. The van der Waals surface area contributed by atoms with Gasteiger partial charge in [-0.15, -0.1) is 0 Å². The zero-order chi connectivity index (χ0) is 14.1. The van der Waals surface area contributed by atoms with E-state index in [1.54, 1.807) is 12.1 Å². The maximum atomic E-state index is 8.67. The van der Waals surface area contributed by atoms with Gasteiger partial charge in [-0.25, -0.2) is 0 Å². The second-order valence-corrected chi connectivity index (χ2v) is 3.77. The second-order valence-electron chi connectivity index (χ2n) is 3.77. The van der Waals surface area contributed by atoms with E-state index in [4.69, 9.17) is 25.2 Å². The van der Waals surface area contributed by atoms with E-state index in [0.29, 0.717) is 37.7 Å². The number of oxime groups is 1. The molecular weight excluding hydrogens is 248 g/mol. The molecule has 0 spiro atoms. The molecule has 19 heavy (non-hydrogen) atoms. The Hall–Kier alpha value is -1.79. The molecule has 0 aliphatic carbocycles. The lowest BCUT2D eigenvalue weighted by Gasteiger charge is -2.10. The molecule has 0 saturated carbocycles. The summed E-state index contributed by atoms with van der Waals surface area (Å²) in [4.78, 5) is 0. The van der Waals surface area contributed by atoms with Gasteiger partial charge in [-0.2, -0.15) is 0 Å². The Bertz CT molecular complexity index is 421.